The molecule has 2 heterocycles. The van der Waals surface area contributed by atoms with Gasteiger partial charge in [-0.3, -0.25) is 4.79 Å². The van der Waals surface area contributed by atoms with Crippen LogP contribution in [0.1, 0.15) is 35.4 Å². The number of hydrogen-bond donors (Lipinski definition) is 1. The number of nitrogens with one attached hydrogen (secondary N) is 1. The van der Waals surface area contributed by atoms with Crippen molar-refractivity contribution < 1.29 is 17.9 Å². The maximum Gasteiger partial charge on any atom is 0.262 e. The molecule has 1 aromatic rings. The molecule has 122 valence electrons. The summed E-state index contributed by atoms with van der Waals surface area (Å²) in [7, 11) is -3.63. The van der Waals surface area contributed by atoms with Crippen LogP contribution in [-0.4, -0.2) is 51.0 Å². The van der Waals surface area contributed by atoms with Gasteiger partial charge in [0.2, 0.25) is 10.0 Å². The molecule has 3 rings (SSSR count). The highest BCUT2D eigenvalue weighted by Crippen LogP contribution is 2.27. The van der Waals surface area contributed by atoms with Gasteiger partial charge >= 0.3 is 0 Å². The summed E-state index contributed by atoms with van der Waals surface area (Å²) in [6.07, 6.45) is 4.19. The summed E-state index contributed by atoms with van der Waals surface area (Å²) in [6, 6.07) is 1.70. The third-order valence-electron chi connectivity index (χ3n) is 4.11. The molecule has 1 aromatic heterocycles. The highest BCUT2D eigenvalue weighted by atomic mass is 32.2. The molecule has 0 spiro atoms. The fourth-order valence-corrected chi connectivity index (χ4v) is 5.63. The molecule has 2 fully saturated rings. The van der Waals surface area contributed by atoms with Crippen molar-refractivity contribution in [3.05, 3.63) is 16.3 Å². The summed E-state index contributed by atoms with van der Waals surface area (Å²) >= 11 is 1.18. The Morgan fingerprint density at radius 1 is 1.27 bits per heavy atom. The van der Waals surface area contributed by atoms with Crippen LogP contribution in [0, 0.1) is 0 Å². The van der Waals surface area contributed by atoms with Crippen LogP contribution in [0.3, 0.4) is 0 Å². The number of hydrogen-bond acceptors (Lipinski definition) is 5. The van der Waals surface area contributed by atoms with E-state index < -0.39 is 10.0 Å². The van der Waals surface area contributed by atoms with Gasteiger partial charge < -0.3 is 10.1 Å². The standard InChI is InChI=1S/C14H20N2O4S2/c17-14(15-11-3-1-2-4-11)13-12(5-10-21-13)22(18,19)16-6-8-20-9-7-16/h5,10-11H,1-4,6-9H2,(H,15,17). The number of carbonyl (C=O) groups is 1. The molecule has 0 atom stereocenters. The topological polar surface area (TPSA) is 75.7 Å². The second kappa shape index (κ2) is 6.66. The van der Waals surface area contributed by atoms with Crippen LogP contribution in [0.5, 0.6) is 0 Å². The zero-order valence-electron chi connectivity index (χ0n) is 12.3. The lowest BCUT2D eigenvalue weighted by atomic mass is 10.2. The molecule has 1 aliphatic carbocycles. The van der Waals surface area contributed by atoms with Crippen LogP contribution in [0.15, 0.2) is 16.3 Å². The number of amides is 1. The Hall–Kier alpha value is -0.960. The molecular formula is C14H20N2O4S2. The van der Waals surface area contributed by atoms with Crippen LogP contribution >= 0.6 is 11.3 Å². The monoisotopic (exact) mass is 344 g/mol. The molecule has 2 aliphatic rings. The van der Waals surface area contributed by atoms with E-state index in [1.807, 2.05) is 0 Å². The Morgan fingerprint density at radius 2 is 1.95 bits per heavy atom. The number of carbonyl (C=O) groups excluding carboxylic acids is 1. The normalized spacial score (nSPS) is 21.1. The average Bonchev–Trinajstić information content (AvgIpc) is 3.19. The van der Waals surface area contributed by atoms with E-state index in [-0.39, 0.29) is 16.8 Å². The Morgan fingerprint density at radius 3 is 2.64 bits per heavy atom. The first kappa shape index (κ1) is 15.9. The molecular weight excluding hydrogens is 324 g/mol. The largest absolute Gasteiger partial charge is 0.379 e. The third-order valence-corrected chi connectivity index (χ3v) is 7.10. The van der Waals surface area contributed by atoms with Crippen LogP contribution < -0.4 is 5.32 Å². The van der Waals surface area contributed by atoms with E-state index >= 15 is 0 Å². The third kappa shape index (κ3) is 3.19. The Labute approximate surface area is 134 Å². The van der Waals surface area contributed by atoms with E-state index in [2.05, 4.69) is 5.32 Å². The zero-order valence-corrected chi connectivity index (χ0v) is 13.9. The van der Waals surface area contributed by atoms with Gasteiger partial charge in [-0.1, -0.05) is 12.8 Å². The van der Waals surface area contributed by atoms with Crippen molar-refractivity contribution >= 4 is 27.3 Å². The van der Waals surface area contributed by atoms with Gasteiger partial charge in [0.05, 0.1) is 13.2 Å². The minimum Gasteiger partial charge on any atom is -0.379 e. The maximum atomic E-state index is 12.7. The van der Waals surface area contributed by atoms with Crippen molar-refractivity contribution in [1.29, 1.82) is 0 Å². The predicted octanol–water partition coefficient (Wildman–Crippen LogP) is 1.44. The van der Waals surface area contributed by atoms with E-state index in [0.717, 1.165) is 25.7 Å². The minimum absolute atomic E-state index is 0.120. The number of ether oxygens (including phenoxy) is 1. The lowest BCUT2D eigenvalue weighted by Gasteiger charge is -2.26. The molecule has 8 heteroatoms. The summed E-state index contributed by atoms with van der Waals surface area (Å²) in [6.45, 7) is 1.46. The molecule has 0 unspecified atom stereocenters. The van der Waals surface area contributed by atoms with E-state index in [1.165, 1.54) is 21.7 Å². The summed E-state index contributed by atoms with van der Waals surface area (Å²) in [5, 5.41) is 4.62. The quantitative estimate of drug-likeness (QED) is 0.897. The SMILES string of the molecule is O=C(NC1CCCC1)c1sccc1S(=O)(=O)N1CCOCC1. The van der Waals surface area contributed by atoms with Crippen LogP contribution in [-0.2, 0) is 14.8 Å². The summed E-state index contributed by atoms with van der Waals surface area (Å²) in [5.74, 6) is -0.270. The van der Waals surface area contributed by atoms with E-state index in [4.69, 9.17) is 4.74 Å². The number of nitrogens with zero attached hydrogens (tertiary/aromatic N) is 1. The summed E-state index contributed by atoms with van der Waals surface area (Å²) in [4.78, 5) is 12.8. The van der Waals surface area contributed by atoms with Gasteiger partial charge in [-0.2, -0.15) is 4.31 Å². The highest BCUT2D eigenvalue weighted by molar-refractivity contribution is 7.89. The first-order valence-corrected chi connectivity index (χ1v) is 9.87. The van der Waals surface area contributed by atoms with Crippen molar-refractivity contribution in [2.24, 2.45) is 0 Å². The summed E-state index contributed by atoms with van der Waals surface area (Å²) in [5.41, 5.74) is 0. The van der Waals surface area contributed by atoms with Crippen LogP contribution in [0.2, 0.25) is 0 Å². The first-order valence-electron chi connectivity index (χ1n) is 7.55. The van der Waals surface area contributed by atoms with Crippen molar-refractivity contribution in [1.82, 2.24) is 9.62 Å². The molecule has 0 bridgehead atoms. The molecule has 22 heavy (non-hydrogen) atoms. The van der Waals surface area contributed by atoms with E-state index in [9.17, 15) is 13.2 Å². The van der Waals surface area contributed by atoms with Crippen molar-refractivity contribution in [2.45, 2.75) is 36.6 Å². The second-order valence-corrected chi connectivity index (χ2v) is 8.41. The number of sulfonamides is 1. The van der Waals surface area contributed by atoms with Gasteiger partial charge in [-0.15, -0.1) is 11.3 Å². The Balaban J connectivity index is 1.79. The number of rotatable bonds is 4. The van der Waals surface area contributed by atoms with Gasteiger partial charge in [0.15, 0.2) is 0 Å². The molecule has 1 amide bonds. The van der Waals surface area contributed by atoms with Gasteiger partial charge in [0.25, 0.3) is 5.91 Å². The highest BCUT2D eigenvalue weighted by Gasteiger charge is 2.32. The molecule has 1 aliphatic heterocycles. The van der Waals surface area contributed by atoms with E-state index in [1.54, 1.807) is 5.38 Å². The molecule has 1 saturated heterocycles. The van der Waals surface area contributed by atoms with E-state index in [0.29, 0.717) is 31.2 Å². The van der Waals surface area contributed by atoms with Crippen molar-refractivity contribution in [3.63, 3.8) is 0 Å². The lowest BCUT2D eigenvalue weighted by molar-refractivity contribution is 0.0730. The predicted molar refractivity (Wildman–Crippen MR) is 83.6 cm³/mol. The van der Waals surface area contributed by atoms with Gasteiger partial charge in [0.1, 0.15) is 9.77 Å². The van der Waals surface area contributed by atoms with Gasteiger partial charge in [-0.05, 0) is 24.3 Å². The molecule has 6 nitrogen and oxygen atoms in total. The summed E-state index contributed by atoms with van der Waals surface area (Å²) < 4.78 is 32.0. The van der Waals surface area contributed by atoms with Crippen LogP contribution in [0.25, 0.3) is 0 Å². The molecule has 0 radical (unpaired) electrons. The molecule has 0 aromatic carbocycles. The Bertz CT molecular complexity index is 629. The fraction of sp³-hybridized carbons (Fsp3) is 0.643. The number of morpholine rings is 1. The first-order chi connectivity index (χ1) is 10.6. The van der Waals surface area contributed by atoms with Gasteiger partial charge in [0, 0.05) is 19.1 Å². The second-order valence-electron chi connectivity index (χ2n) is 5.59. The van der Waals surface area contributed by atoms with Gasteiger partial charge in [-0.25, -0.2) is 8.42 Å². The smallest absolute Gasteiger partial charge is 0.262 e. The zero-order chi connectivity index (χ0) is 15.6. The lowest BCUT2D eigenvalue weighted by Crippen LogP contribution is -2.41. The van der Waals surface area contributed by atoms with Crippen molar-refractivity contribution in [2.75, 3.05) is 26.3 Å². The minimum atomic E-state index is -3.63. The van der Waals surface area contributed by atoms with Crippen LogP contribution in [0.4, 0.5) is 0 Å². The molecule has 1 saturated carbocycles. The molecule has 1 N–H and O–H groups in total. The Kier molecular flexibility index (Phi) is 4.82. The van der Waals surface area contributed by atoms with Crippen molar-refractivity contribution in [3.8, 4) is 0 Å². The fourth-order valence-electron chi connectivity index (χ4n) is 2.91. The number of thiophene rings is 1. The maximum absolute atomic E-state index is 12.7. The average molecular weight is 344 g/mol.